The van der Waals surface area contributed by atoms with Gasteiger partial charge in [0.1, 0.15) is 0 Å². The highest BCUT2D eigenvalue weighted by atomic mass is 79.9. The Balaban J connectivity index is 1.42. The van der Waals surface area contributed by atoms with Crippen molar-refractivity contribution in [2.24, 2.45) is 5.10 Å². The number of nitrogens with zero attached hydrogens (tertiary/aromatic N) is 3. The van der Waals surface area contributed by atoms with E-state index in [0.717, 1.165) is 48.5 Å². The maximum atomic E-state index is 12.2. The Morgan fingerprint density at radius 2 is 1.74 bits per heavy atom. The zero-order chi connectivity index (χ0) is 19.1. The summed E-state index contributed by atoms with van der Waals surface area (Å²) in [6, 6.07) is 18.4. The van der Waals surface area contributed by atoms with Crippen LogP contribution in [0.5, 0.6) is 0 Å². The molecule has 3 rings (SSSR count). The van der Waals surface area contributed by atoms with Crippen molar-refractivity contribution in [3.63, 3.8) is 0 Å². The molecule has 0 radical (unpaired) electrons. The molecule has 1 aliphatic heterocycles. The summed E-state index contributed by atoms with van der Waals surface area (Å²) in [4.78, 5) is 16.8. The first-order chi connectivity index (χ1) is 13.1. The average Bonchev–Trinajstić information content (AvgIpc) is 2.68. The van der Waals surface area contributed by atoms with Gasteiger partial charge < -0.3 is 0 Å². The normalized spacial score (nSPS) is 16.3. The van der Waals surface area contributed by atoms with E-state index in [0.29, 0.717) is 6.54 Å². The van der Waals surface area contributed by atoms with Crippen molar-refractivity contribution in [2.45, 2.75) is 13.5 Å². The maximum Gasteiger partial charge on any atom is 0.254 e. The molecule has 27 heavy (non-hydrogen) atoms. The number of halogens is 1. The van der Waals surface area contributed by atoms with Gasteiger partial charge in [0.25, 0.3) is 5.91 Å². The van der Waals surface area contributed by atoms with E-state index >= 15 is 0 Å². The molecule has 0 aliphatic carbocycles. The van der Waals surface area contributed by atoms with Gasteiger partial charge >= 0.3 is 0 Å². The molecule has 0 bridgehead atoms. The van der Waals surface area contributed by atoms with Gasteiger partial charge in [-0.3, -0.25) is 14.6 Å². The second-order valence-electron chi connectivity index (χ2n) is 6.78. The van der Waals surface area contributed by atoms with E-state index in [1.165, 1.54) is 5.56 Å². The summed E-state index contributed by atoms with van der Waals surface area (Å²) in [6.45, 7) is 6.99. The Morgan fingerprint density at radius 3 is 2.44 bits per heavy atom. The monoisotopic (exact) mass is 428 g/mol. The standard InChI is InChI=1S/C21H25BrN4O/c1-17(19-8-5-9-20(22)14-19)23-24-21(27)16-26-12-10-25(11-13-26)15-18-6-3-2-4-7-18/h2-9,14H,10-13,15-16H2,1H3,(H,24,27). The van der Waals surface area contributed by atoms with Crippen molar-refractivity contribution in [1.82, 2.24) is 15.2 Å². The Morgan fingerprint density at radius 1 is 1.04 bits per heavy atom. The maximum absolute atomic E-state index is 12.2. The van der Waals surface area contributed by atoms with Gasteiger partial charge in [-0.25, -0.2) is 5.43 Å². The highest BCUT2D eigenvalue weighted by Gasteiger charge is 2.18. The number of hydrogen-bond acceptors (Lipinski definition) is 4. The smallest absolute Gasteiger partial charge is 0.254 e. The van der Waals surface area contributed by atoms with Crippen LogP contribution in [0.2, 0.25) is 0 Å². The first-order valence-corrected chi connectivity index (χ1v) is 9.97. The molecule has 0 spiro atoms. The number of hydrazone groups is 1. The molecule has 1 amide bonds. The summed E-state index contributed by atoms with van der Waals surface area (Å²) in [5.74, 6) is -0.0687. The van der Waals surface area contributed by atoms with Crippen molar-refractivity contribution >= 4 is 27.5 Å². The van der Waals surface area contributed by atoms with E-state index in [1.807, 2.05) is 37.3 Å². The van der Waals surface area contributed by atoms with Gasteiger partial charge in [0.2, 0.25) is 0 Å². The summed E-state index contributed by atoms with van der Waals surface area (Å²) in [5, 5.41) is 4.23. The fourth-order valence-corrected chi connectivity index (χ4v) is 3.51. The van der Waals surface area contributed by atoms with Gasteiger partial charge in [0.05, 0.1) is 12.3 Å². The van der Waals surface area contributed by atoms with E-state index in [2.05, 4.69) is 60.5 Å². The summed E-state index contributed by atoms with van der Waals surface area (Å²) in [7, 11) is 0. The number of piperazine rings is 1. The van der Waals surface area contributed by atoms with E-state index < -0.39 is 0 Å². The molecule has 142 valence electrons. The van der Waals surface area contributed by atoms with Crippen LogP contribution in [-0.2, 0) is 11.3 Å². The van der Waals surface area contributed by atoms with E-state index in [9.17, 15) is 4.79 Å². The lowest BCUT2D eigenvalue weighted by atomic mass is 10.1. The quantitative estimate of drug-likeness (QED) is 0.567. The summed E-state index contributed by atoms with van der Waals surface area (Å²) < 4.78 is 0.995. The molecule has 2 aromatic carbocycles. The molecule has 0 saturated carbocycles. The van der Waals surface area contributed by atoms with Crippen LogP contribution < -0.4 is 5.43 Å². The fourth-order valence-electron chi connectivity index (χ4n) is 3.11. The molecule has 2 aromatic rings. The van der Waals surface area contributed by atoms with Crippen LogP contribution in [0.1, 0.15) is 18.1 Å². The largest absolute Gasteiger partial charge is 0.297 e. The molecule has 1 heterocycles. The number of carbonyl (C=O) groups excluding carboxylic acids is 1. The van der Waals surface area contributed by atoms with Crippen LogP contribution in [0, 0.1) is 0 Å². The molecule has 1 aliphatic rings. The third-order valence-corrected chi connectivity index (χ3v) is 5.17. The summed E-state index contributed by atoms with van der Waals surface area (Å²) in [6.07, 6.45) is 0. The Bertz CT molecular complexity index is 786. The lowest BCUT2D eigenvalue weighted by Gasteiger charge is -2.34. The predicted molar refractivity (Wildman–Crippen MR) is 113 cm³/mol. The van der Waals surface area contributed by atoms with Crippen LogP contribution in [0.4, 0.5) is 0 Å². The fraction of sp³-hybridized carbons (Fsp3) is 0.333. The molecule has 0 aromatic heterocycles. The third-order valence-electron chi connectivity index (χ3n) is 4.67. The highest BCUT2D eigenvalue weighted by molar-refractivity contribution is 9.10. The van der Waals surface area contributed by atoms with Crippen LogP contribution in [0.15, 0.2) is 64.2 Å². The number of benzene rings is 2. The Kier molecular flexibility index (Phi) is 7.15. The third kappa shape index (κ3) is 6.27. The van der Waals surface area contributed by atoms with Gasteiger partial charge in [0.15, 0.2) is 0 Å². The molecule has 0 atom stereocenters. The topological polar surface area (TPSA) is 47.9 Å². The predicted octanol–water partition coefficient (Wildman–Crippen LogP) is 3.11. The molecule has 0 unspecified atom stereocenters. The van der Waals surface area contributed by atoms with Crippen LogP contribution in [0.3, 0.4) is 0 Å². The first-order valence-electron chi connectivity index (χ1n) is 9.18. The molecular weight excluding hydrogens is 404 g/mol. The van der Waals surface area contributed by atoms with E-state index in [1.54, 1.807) is 0 Å². The minimum Gasteiger partial charge on any atom is -0.297 e. The first kappa shape index (κ1) is 19.7. The van der Waals surface area contributed by atoms with Gasteiger partial charge in [-0.2, -0.15) is 5.10 Å². The van der Waals surface area contributed by atoms with Crippen molar-refractivity contribution in [2.75, 3.05) is 32.7 Å². The number of nitrogens with one attached hydrogen (secondary N) is 1. The van der Waals surface area contributed by atoms with Crippen molar-refractivity contribution in [3.05, 3.63) is 70.2 Å². The average molecular weight is 429 g/mol. The summed E-state index contributed by atoms with van der Waals surface area (Å²) in [5.41, 5.74) is 5.79. The molecule has 1 N–H and O–H groups in total. The Labute approximate surface area is 169 Å². The minimum absolute atomic E-state index is 0.0687. The Hall–Kier alpha value is -2.02. The lowest BCUT2D eigenvalue weighted by molar-refractivity contribution is -0.122. The van der Waals surface area contributed by atoms with Crippen LogP contribution in [0.25, 0.3) is 0 Å². The van der Waals surface area contributed by atoms with Gasteiger partial charge in [-0.15, -0.1) is 0 Å². The molecule has 1 fully saturated rings. The zero-order valence-corrected chi connectivity index (χ0v) is 17.2. The van der Waals surface area contributed by atoms with Gasteiger partial charge in [0, 0.05) is 37.2 Å². The second-order valence-corrected chi connectivity index (χ2v) is 7.70. The van der Waals surface area contributed by atoms with E-state index in [4.69, 9.17) is 0 Å². The van der Waals surface area contributed by atoms with Crippen molar-refractivity contribution in [3.8, 4) is 0 Å². The van der Waals surface area contributed by atoms with Crippen molar-refractivity contribution < 1.29 is 4.79 Å². The van der Waals surface area contributed by atoms with E-state index in [-0.39, 0.29) is 5.91 Å². The SMILES string of the molecule is CC(=NNC(=O)CN1CCN(Cc2ccccc2)CC1)c1cccc(Br)c1. The van der Waals surface area contributed by atoms with Crippen molar-refractivity contribution in [1.29, 1.82) is 0 Å². The summed E-state index contributed by atoms with van der Waals surface area (Å²) >= 11 is 3.45. The lowest BCUT2D eigenvalue weighted by Crippen LogP contribution is -2.48. The number of amides is 1. The molecule has 5 nitrogen and oxygen atoms in total. The zero-order valence-electron chi connectivity index (χ0n) is 15.6. The highest BCUT2D eigenvalue weighted by Crippen LogP contribution is 2.12. The molecule has 6 heteroatoms. The van der Waals surface area contributed by atoms with Gasteiger partial charge in [-0.1, -0.05) is 58.4 Å². The number of carbonyl (C=O) groups is 1. The number of hydrogen-bond donors (Lipinski definition) is 1. The van der Waals surface area contributed by atoms with Crippen LogP contribution >= 0.6 is 15.9 Å². The second kappa shape index (κ2) is 9.78. The molecule has 1 saturated heterocycles. The van der Waals surface area contributed by atoms with Crippen LogP contribution in [-0.4, -0.2) is 54.1 Å². The van der Waals surface area contributed by atoms with Gasteiger partial charge in [-0.05, 0) is 30.2 Å². The molecular formula is C21H25BrN4O. The minimum atomic E-state index is -0.0687. The number of rotatable bonds is 6.